The van der Waals surface area contributed by atoms with Crippen molar-refractivity contribution in [1.29, 1.82) is 0 Å². The van der Waals surface area contributed by atoms with Gasteiger partial charge in [-0.1, -0.05) is 23.7 Å². The Kier molecular flexibility index (Phi) is 5.74. The third-order valence-electron chi connectivity index (χ3n) is 4.53. The van der Waals surface area contributed by atoms with Crippen molar-refractivity contribution in [1.82, 2.24) is 4.31 Å². The zero-order valence-electron chi connectivity index (χ0n) is 14.8. The van der Waals surface area contributed by atoms with Crippen LogP contribution in [0.2, 0.25) is 5.02 Å². The van der Waals surface area contributed by atoms with Gasteiger partial charge >= 0.3 is 6.18 Å². The molecular formula is C17H15ClF3N3O4S. The van der Waals surface area contributed by atoms with E-state index in [9.17, 15) is 31.7 Å². The Labute approximate surface area is 169 Å². The van der Waals surface area contributed by atoms with E-state index in [2.05, 4.69) is 0 Å². The van der Waals surface area contributed by atoms with Gasteiger partial charge in [0.2, 0.25) is 10.0 Å². The molecule has 1 fully saturated rings. The molecule has 0 radical (unpaired) electrons. The van der Waals surface area contributed by atoms with Gasteiger partial charge in [0, 0.05) is 32.2 Å². The molecule has 7 nitrogen and oxygen atoms in total. The first-order chi connectivity index (χ1) is 13.5. The molecule has 1 heterocycles. The molecule has 0 bridgehead atoms. The second-order valence-electron chi connectivity index (χ2n) is 6.28. The minimum atomic E-state index is -4.70. The van der Waals surface area contributed by atoms with Gasteiger partial charge in [0.05, 0.1) is 15.5 Å². The largest absolute Gasteiger partial charge is 0.416 e. The number of anilines is 1. The summed E-state index contributed by atoms with van der Waals surface area (Å²) in [6.07, 6.45) is -4.70. The van der Waals surface area contributed by atoms with Crippen molar-refractivity contribution in [2.24, 2.45) is 0 Å². The van der Waals surface area contributed by atoms with Crippen LogP contribution in [0.15, 0.2) is 47.4 Å². The van der Waals surface area contributed by atoms with Crippen LogP contribution in [0.4, 0.5) is 24.5 Å². The maximum absolute atomic E-state index is 12.9. The molecule has 0 aromatic heterocycles. The van der Waals surface area contributed by atoms with E-state index in [4.69, 9.17) is 11.6 Å². The van der Waals surface area contributed by atoms with Crippen molar-refractivity contribution >= 4 is 33.0 Å². The molecule has 0 N–H and O–H groups in total. The molecule has 12 heteroatoms. The van der Waals surface area contributed by atoms with E-state index < -0.39 is 32.4 Å². The summed E-state index contributed by atoms with van der Waals surface area (Å²) < 4.78 is 65.3. The van der Waals surface area contributed by atoms with Crippen molar-refractivity contribution in [3.8, 4) is 0 Å². The maximum atomic E-state index is 12.9. The van der Waals surface area contributed by atoms with Crippen LogP contribution in [0.3, 0.4) is 0 Å². The fraction of sp³-hybridized carbons (Fsp3) is 0.294. The third kappa shape index (κ3) is 4.31. The van der Waals surface area contributed by atoms with Gasteiger partial charge in [-0.2, -0.15) is 17.5 Å². The Bertz CT molecular complexity index is 1040. The molecule has 0 atom stereocenters. The molecular weight excluding hydrogens is 435 g/mol. The van der Waals surface area contributed by atoms with E-state index in [0.29, 0.717) is 6.07 Å². The van der Waals surface area contributed by atoms with Gasteiger partial charge in [-0.05, 0) is 24.3 Å². The zero-order valence-corrected chi connectivity index (χ0v) is 16.3. The lowest BCUT2D eigenvalue weighted by atomic mass is 10.1. The average molecular weight is 450 g/mol. The summed E-state index contributed by atoms with van der Waals surface area (Å²) in [5.41, 5.74) is -1.78. The van der Waals surface area contributed by atoms with Crippen molar-refractivity contribution in [2.45, 2.75) is 11.1 Å². The predicted octanol–water partition coefficient (Wildman–Crippen LogP) is 3.78. The first-order valence-electron chi connectivity index (χ1n) is 8.37. The van der Waals surface area contributed by atoms with E-state index in [1.54, 1.807) is 12.1 Å². The second kappa shape index (κ2) is 7.81. The Balaban J connectivity index is 1.82. The minimum absolute atomic E-state index is 0.00569. The lowest BCUT2D eigenvalue weighted by Gasteiger charge is -2.35. The van der Waals surface area contributed by atoms with Crippen molar-refractivity contribution in [3.05, 3.63) is 63.2 Å². The molecule has 156 valence electrons. The number of nitro benzene ring substituents is 1. The quantitative estimate of drug-likeness (QED) is 0.524. The first kappa shape index (κ1) is 21.3. The van der Waals surface area contributed by atoms with Crippen LogP contribution in [0.1, 0.15) is 5.56 Å². The van der Waals surface area contributed by atoms with Crippen LogP contribution >= 0.6 is 11.6 Å². The maximum Gasteiger partial charge on any atom is 0.416 e. The third-order valence-corrected chi connectivity index (χ3v) is 6.93. The number of piperazine rings is 1. The van der Waals surface area contributed by atoms with E-state index >= 15 is 0 Å². The van der Waals surface area contributed by atoms with Gasteiger partial charge in [-0.15, -0.1) is 0 Å². The first-order valence-corrected chi connectivity index (χ1v) is 10.2. The van der Waals surface area contributed by atoms with Crippen molar-refractivity contribution < 1.29 is 26.5 Å². The van der Waals surface area contributed by atoms with Crippen LogP contribution in [-0.2, 0) is 16.2 Å². The summed E-state index contributed by atoms with van der Waals surface area (Å²) in [6.45, 7) is 0.170. The lowest BCUT2D eigenvalue weighted by molar-refractivity contribution is -0.384. The minimum Gasteiger partial charge on any atom is -0.363 e. The van der Waals surface area contributed by atoms with Gasteiger partial charge in [-0.3, -0.25) is 10.1 Å². The zero-order chi connectivity index (χ0) is 21.4. The number of nitrogens with zero attached hydrogens (tertiary/aromatic N) is 3. The monoisotopic (exact) mass is 449 g/mol. The molecule has 0 spiro atoms. The Hall–Kier alpha value is -2.37. The number of halogens is 4. The van der Waals surface area contributed by atoms with Crippen LogP contribution < -0.4 is 4.90 Å². The van der Waals surface area contributed by atoms with Crippen molar-refractivity contribution in [2.75, 3.05) is 31.1 Å². The molecule has 1 aliphatic heterocycles. The molecule has 2 aromatic rings. The Morgan fingerprint density at radius 2 is 1.66 bits per heavy atom. The summed E-state index contributed by atoms with van der Waals surface area (Å²) in [5, 5.41) is 11.4. The predicted molar refractivity (Wildman–Crippen MR) is 101 cm³/mol. The highest BCUT2D eigenvalue weighted by Crippen LogP contribution is 2.37. The number of benzene rings is 2. The number of hydrogen-bond acceptors (Lipinski definition) is 5. The summed E-state index contributed by atoms with van der Waals surface area (Å²) in [7, 11) is -3.86. The number of hydrogen-bond donors (Lipinski definition) is 0. The summed E-state index contributed by atoms with van der Waals surface area (Å²) in [4.78, 5) is 11.9. The van der Waals surface area contributed by atoms with Gasteiger partial charge < -0.3 is 4.90 Å². The van der Waals surface area contributed by atoms with Crippen LogP contribution in [0.5, 0.6) is 0 Å². The summed E-state index contributed by atoms with van der Waals surface area (Å²) in [5.74, 6) is 0. The van der Waals surface area contributed by atoms with Gasteiger partial charge in [-0.25, -0.2) is 8.42 Å². The molecule has 1 aliphatic rings. The highest BCUT2D eigenvalue weighted by Gasteiger charge is 2.35. The molecule has 0 saturated carbocycles. The van der Waals surface area contributed by atoms with E-state index in [1.807, 2.05) is 0 Å². The molecule has 3 rings (SSSR count). The lowest BCUT2D eigenvalue weighted by Crippen LogP contribution is -2.48. The molecule has 0 aliphatic carbocycles. The van der Waals surface area contributed by atoms with E-state index in [-0.39, 0.29) is 41.8 Å². The Morgan fingerprint density at radius 1 is 1.03 bits per heavy atom. The number of nitro groups is 1. The molecule has 2 aromatic carbocycles. The summed E-state index contributed by atoms with van der Waals surface area (Å²) >= 11 is 5.98. The van der Waals surface area contributed by atoms with Crippen LogP contribution in [0, 0.1) is 10.1 Å². The molecule has 0 unspecified atom stereocenters. The van der Waals surface area contributed by atoms with Gasteiger partial charge in [0.15, 0.2) is 0 Å². The van der Waals surface area contributed by atoms with E-state index in [0.717, 1.165) is 12.1 Å². The van der Waals surface area contributed by atoms with Gasteiger partial charge in [0.25, 0.3) is 5.69 Å². The normalized spacial score (nSPS) is 16.1. The fourth-order valence-electron chi connectivity index (χ4n) is 3.08. The van der Waals surface area contributed by atoms with Crippen molar-refractivity contribution in [3.63, 3.8) is 0 Å². The average Bonchev–Trinajstić information content (AvgIpc) is 2.67. The highest BCUT2D eigenvalue weighted by molar-refractivity contribution is 7.89. The number of alkyl halides is 3. The van der Waals surface area contributed by atoms with Crippen LogP contribution in [-0.4, -0.2) is 43.8 Å². The summed E-state index contributed by atoms with van der Waals surface area (Å²) in [6, 6.07) is 8.28. The second-order valence-corrected chi connectivity index (χ2v) is 8.59. The topological polar surface area (TPSA) is 83.8 Å². The Morgan fingerprint density at radius 3 is 2.21 bits per heavy atom. The van der Waals surface area contributed by atoms with Crippen LogP contribution in [0.25, 0.3) is 0 Å². The van der Waals surface area contributed by atoms with E-state index in [1.165, 1.54) is 21.3 Å². The standard InChI is InChI=1S/C17H15ClF3N3O4S/c18-13-3-1-2-4-16(13)29(27,28)23-9-7-22(8-10-23)14-6-5-12(17(19,20)21)11-15(14)24(25)26/h1-6,11H,7-10H2. The fourth-order valence-corrected chi connectivity index (χ4v) is 4.99. The molecule has 0 amide bonds. The van der Waals surface area contributed by atoms with Gasteiger partial charge in [0.1, 0.15) is 10.6 Å². The SMILES string of the molecule is O=[N+]([O-])c1cc(C(F)(F)F)ccc1N1CCN(S(=O)(=O)c2ccccc2Cl)CC1. The number of rotatable bonds is 4. The highest BCUT2D eigenvalue weighted by atomic mass is 35.5. The molecule has 1 saturated heterocycles. The number of sulfonamides is 1. The molecule has 29 heavy (non-hydrogen) atoms. The smallest absolute Gasteiger partial charge is 0.363 e.